The van der Waals surface area contributed by atoms with Crippen molar-refractivity contribution in [3.63, 3.8) is 0 Å². The maximum atomic E-state index is 13.1. The zero-order valence-electron chi connectivity index (χ0n) is 16.6. The molecule has 4 rings (SSSR count). The summed E-state index contributed by atoms with van der Waals surface area (Å²) in [6.45, 7) is 3.42. The fraction of sp³-hybridized carbons (Fsp3) is 0.562. The third kappa shape index (κ3) is 4.16. The van der Waals surface area contributed by atoms with E-state index in [0.29, 0.717) is 38.4 Å². The number of nitrogens with zero attached hydrogens (tertiary/aromatic N) is 5. The highest BCUT2D eigenvalue weighted by Gasteiger charge is 2.39. The number of nitrogens with one attached hydrogen (secondary N) is 2. The summed E-state index contributed by atoms with van der Waals surface area (Å²) in [5.74, 6) is -0.0550. The lowest BCUT2D eigenvalue weighted by Gasteiger charge is -2.37. The SMILES string of the molecule is NS(=O)(=O)c1c(S(=O)(=O)C2CNC2)ccc(N2CCN(CCO)CC2)c1-c1nn[nH]n1. The van der Waals surface area contributed by atoms with E-state index in [0.717, 1.165) is 0 Å². The van der Waals surface area contributed by atoms with E-state index in [1.807, 2.05) is 4.90 Å². The van der Waals surface area contributed by atoms with Crippen LogP contribution in [0.5, 0.6) is 0 Å². The summed E-state index contributed by atoms with van der Waals surface area (Å²) in [5, 5.41) is 30.5. The molecule has 1 aromatic carbocycles. The summed E-state index contributed by atoms with van der Waals surface area (Å²) in [6.07, 6.45) is 0. The first-order valence-electron chi connectivity index (χ1n) is 9.70. The van der Waals surface area contributed by atoms with Crippen LogP contribution < -0.4 is 15.4 Å². The van der Waals surface area contributed by atoms with Crippen molar-refractivity contribution >= 4 is 25.5 Å². The highest BCUT2D eigenvalue weighted by Crippen LogP contribution is 2.39. The van der Waals surface area contributed by atoms with Gasteiger partial charge in [-0.25, -0.2) is 22.0 Å². The molecule has 0 aliphatic carbocycles. The topological polar surface area (TPSA) is 188 Å². The number of H-pyrrole nitrogens is 1. The number of tetrazole rings is 1. The summed E-state index contributed by atoms with van der Waals surface area (Å²) in [6, 6.07) is 2.87. The standard InChI is InChI=1S/C16H24N8O5S2/c17-31(28,29)15-13(30(26,27)11-9-18-10-11)2-1-12(14(15)16-19-21-22-20-16)24-5-3-23(4-6-24)7-8-25/h1-2,11,18,25H,3-10H2,(H2,17,28,29)(H,19,20,21,22). The first-order valence-corrected chi connectivity index (χ1v) is 12.8. The lowest BCUT2D eigenvalue weighted by molar-refractivity contribution is 0.189. The molecule has 1 aromatic heterocycles. The Labute approximate surface area is 179 Å². The maximum Gasteiger partial charge on any atom is 0.240 e. The zero-order chi connectivity index (χ0) is 22.2. The van der Waals surface area contributed by atoms with Crippen LogP contribution in [0.2, 0.25) is 0 Å². The molecule has 2 aliphatic rings. The minimum atomic E-state index is -4.46. The predicted molar refractivity (Wildman–Crippen MR) is 111 cm³/mol. The summed E-state index contributed by atoms with van der Waals surface area (Å²) in [5.41, 5.74) is 0.472. The van der Waals surface area contributed by atoms with Crippen molar-refractivity contribution in [2.75, 3.05) is 57.3 Å². The molecule has 5 N–H and O–H groups in total. The van der Waals surface area contributed by atoms with Crippen LogP contribution in [0.4, 0.5) is 5.69 Å². The van der Waals surface area contributed by atoms with E-state index in [1.165, 1.54) is 6.07 Å². The molecule has 2 saturated heterocycles. The molecule has 13 nitrogen and oxygen atoms in total. The number of β-amino-alcohol motifs (C(OH)–C–C–N with tert-alkyl or cyclic N) is 1. The van der Waals surface area contributed by atoms with Crippen LogP contribution in [0.15, 0.2) is 21.9 Å². The molecule has 0 amide bonds. The number of piperazine rings is 1. The Balaban J connectivity index is 1.88. The summed E-state index contributed by atoms with van der Waals surface area (Å²) in [4.78, 5) is 3.13. The lowest BCUT2D eigenvalue weighted by atomic mass is 10.1. The van der Waals surface area contributed by atoms with E-state index in [9.17, 15) is 16.8 Å². The van der Waals surface area contributed by atoms with Crippen molar-refractivity contribution in [1.29, 1.82) is 0 Å². The summed E-state index contributed by atoms with van der Waals surface area (Å²) >= 11 is 0. The smallest absolute Gasteiger partial charge is 0.240 e. The molecule has 2 fully saturated rings. The van der Waals surface area contributed by atoms with Crippen molar-refractivity contribution < 1.29 is 21.9 Å². The largest absolute Gasteiger partial charge is 0.395 e. The molecular weight excluding hydrogens is 448 g/mol. The van der Waals surface area contributed by atoms with Crippen LogP contribution in [0, 0.1) is 0 Å². The van der Waals surface area contributed by atoms with Gasteiger partial charge in [-0.2, -0.15) is 5.21 Å². The van der Waals surface area contributed by atoms with Gasteiger partial charge < -0.3 is 15.3 Å². The number of aliphatic hydroxyl groups excluding tert-OH is 1. The monoisotopic (exact) mass is 472 g/mol. The molecule has 0 spiro atoms. The average Bonchev–Trinajstić information content (AvgIpc) is 3.20. The number of benzene rings is 1. The number of aromatic amines is 1. The number of aliphatic hydroxyl groups is 1. The predicted octanol–water partition coefficient (Wildman–Crippen LogP) is -2.63. The Kier molecular flexibility index (Phi) is 5.97. The highest BCUT2D eigenvalue weighted by atomic mass is 32.2. The van der Waals surface area contributed by atoms with Gasteiger partial charge in [-0.3, -0.25) is 4.90 Å². The normalized spacial score (nSPS) is 18.8. The molecule has 2 aliphatic heterocycles. The van der Waals surface area contributed by atoms with Crippen LogP contribution in [-0.4, -0.2) is 105 Å². The first kappa shape index (κ1) is 22.0. The maximum absolute atomic E-state index is 13.1. The Bertz CT molecular complexity index is 1140. The van der Waals surface area contributed by atoms with Crippen molar-refractivity contribution in [2.45, 2.75) is 15.0 Å². The van der Waals surface area contributed by atoms with Crippen LogP contribution in [0.25, 0.3) is 11.4 Å². The van der Waals surface area contributed by atoms with Gasteiger partial charge >= 0.3 is 0 Å². The van der Waals surface area contributed by atoms with Gasteiger partial charge in [0.25, 0.3) is 0 Å². The molecule has 0 bridgehead atoms. The lowest BCUT2D eigenvalue weighted by Crippen LogP contribution is -2.51. The van der Waals surface area contributed by atoms with Crippen LogP contribution in [0.1, 0.15) is 0 Å². The van der Waals surface area contributed by atoms with Crippen LogP contribution in [0.3, 0.4) is 0 Å². The van der Waals surface area contributed by atoms with Gasteiger partial charge in [0.05, 0.1) is 22.3 Å². The van der Waals surface area contributed by atoms with Gasteiger partial charge in [0.2, 0.25) is 15.8 Å². The minimum absolute atomic E-state index is 0.0141. The average molecular weight is 473 g/mol. The second kappa shape index (κ2) is 8.40. The summed E-state index contributed by atoms with van der Waals surface area (Å²) < 4.78 is 51.6. The number of primary sulfonamides is 1. The number of hydrogen-bond acceptors (Lipinski definition) is 11. The number of nitrogens with two attached hydrogens (primary N) is 1. The zero-order valence-corrected chi connectivity index (χ0v) is 18.2. The van der Waals surface area contributed by atoms with E-state index in [-0.39, 0.29) is 36.0 Å². The molecule has 15 heteroatoms. The fourth-order valence-corrected chi connectivity index (χ4v) is 7.00. The Hall–Kier alpha value is -2.17. The van der Waals surface area contributed by atoms with Gasteiger partial charge in [0.1, 0.15) is 4.90 Å². The Morgan fingerprint density at radius 2 is 1.84 bits per heavy atom. The van der Waals surface area contributed by atoms with Gasteiger partial charge in [0.15, 0.2) is 9.84 Å². The highest BCUT2D eigenvalue weighted by molar-refractivity contribution is 7.94. The van der Waals surface area contributed by atoms with E-state index < -0.39 is 30.0 Å². The van der Waals surface area contributed by atoms with Crippen LogP contribution >= 0.6 is 0 Å². The molecule has 2 aromatic rings. The number of sulfone groups is 1. The summed E-state index contributed by atoms with van der Waals surface area (Å²) in [7, 11) is -8.42. The van der Waals surface area contributed by atoms with Crippen molar-refractivity contribution in [3.05, 3.63) is 12.1 Å². The molecular formula is C16H24N8O5S2. The Morgan fingerprint density at radius 3 is 2.35 bits per heavy atom. The second-order valence-electron chi connectivity index (χ2n) is 7.44. The third-order valence-corrected chi connectivity index (χ3v) is 8.86. The van der Waals surface area contributed by atoms with Crippen LogP contribution in [-0.2, 0) is 19.9 Å². The van der Waals surface area contributed by atoms with E-state index >= 15 is 0 Å². The number of hydrogen-bond donors (Lipinski definition) is 4. The molecule has 3 heterocycles. The van der Waals surface area contributed by atoms with Crippen molar-refractivity contribution in [1.82, 2.24) is 30.8 Å². The van der Waals surface area contributed by atoms with Gasteiger partial charge in [-0.15, -0.1) is 10.2 Å². The molecule has 31 heavy (non-hydrogen) atoms. The molecule has 0 saturated carbocycles. The van der Waals surface area contributed by atoms with E-state index in [2.05, 4.69) is 30.8 Å². The van der Waals surface area contributed by atoms with Gasteiger partial charge in [0, 0.05) is 51.5 Å². The van der Waals surface area contributed by atoms with E-state index in [4.69, 9.17) is 10.2 Å². The van der Waals surface area contributed by atoms with E-state index in [1.54, 1.807) is 6.07 Å². The quantitative estimate of drug-likeness (QED) is 0.330. The molecule has 0 atom stereocenters. The molecule has 170 valence electrons. The number of rotatable bonds is 7. The number of sulfonamides is 1. The third-order valence-electron chi connectivity index (χ3n) is 5.57. The number of aromatic nitrogens is 4. The Morgan fingerprint density at radius 1 is 1.13 bits per heavy atom. The fourth-order valence-electron chi connectivity index (χ4n) is 3.82. The first-order chi connectivity index (χ1) is 14.7. The van der Waals surface area contributed by atoms with Gasteiger partial charge in [-0.1, -0.05) is 0 Å². The van der Waals surface area contributed by atoms with Gasteiger partial charge in [-0.05, 0) is 17.3 Å². The minimum Gasteiger partial charge on any atom is -0.395 e. The van der Waals surface area contributed by atoms with Crippen molar-refractivity contribution in [2.24, 2.45) is 5.14 Å². The molecule has 0 radical (unpaired) electrons. The second-order valence-corrected chi connectivity index (χ2v) is 11.1. The van der Waals surface area contributed by atoms with Crippen molar-refractivity contribution in [3.8, 4) is 11.4 Å². The number of anilines is 1. The molecule has 0 unspecified atom stereocenters.